The third-order valence-corrected chi connectivity index (χ3v) is 12.6. The molecular weight excluding hydrogens is 484 g/mol. The first-order chi connectivity index (χ1) is 15.9. The Hall–Kier alpha value is -1.62. The summed E-state index contributed by atoms with van der Waals surface area (Å²) in [6.45, 7) is 17.1. The number of rotatable bonds is 8. The van der Waals surface area contributed by atoms with Crippen LogP contribution < -0.4 is 4.74 Å². The molecule has 1 aliphatic rings. The molecule has 2 atom stereocenters. The van der Waals surface area contributed by atoms with Crippen LogP contribution in [0.2, 0.25) is 18.1 Å². The van der Waals surface area contributed by atoms with Crippen molar-refractivity contribution >= 4 is 24.4 Å². The van der Waals surface area contributed by atoms with Gasteiger partial charge in [0.05, 0.1) is 26.0 Å². The van der Waals surface area contributed by atoms with E-state index in [0.29, 0.717) is 18.7 Å². The second kappa shape index (κ2) is 10.8. The van der Waals surface area contributed by atoms with Gasteiger partial charge < -0.3 is 18.8 Å². The topological polar surface area (TPSA) is 85.4 Å². The number of amides is 1. The Balaban J connectivity index is 2.40. The highest BCUT2D eigenvalue weighted by atomic mass is 32.2. The first-order valence-electron chi connectivity index (χ1n) is 12.1. The first kappa shape index (κ1) is 29.6. The van der Waals surface area contributed by atoms with Crippen molar-refractivity contribution in [2.75, 3.05) is 26.5 Å². The molecule has 1 aromatic carbocycles. The lowest BCUT2D eigenvalue weighted by Crippen LogP contribution is -2.53. The van der Waals surface area contributed by atoms with E-state index in [1.165, 1.54) is 10.6 Å². The van der Waals surface area contributed by atoms with Gasteiger partial charge in [-0.3, -0.25) is 0 Å². The summed E-state index contributed by atoms with van der Waals surface area (Å²) in [4.78, 5) is 14.8. The van der Waals surface area contributed by atoms with Gasteiger partial charge in [0.15, 0.2) is 8.32 Å². The number of benzene rings is 1. The van der Waals surface area contributed by atoms with Gasteiger partial charge in [-0.05, 0) is 63.0 Å². The monoisotopic (exact) mass is 528 g/mol. The summed E-state index contributed by atoms with van der Waals surface area (Å²) in [5, 5.41) is -0.0164. The summed E-state index contributed by atoms with van der Waals surface area (Å²) < 4.78 is 44.9. The predicted octanol–water partition coefficient (Wildman–Crippen LogP) is 4.86. The molecule has 1 heterocycles. The maximum atomic E-state index is 13.1. The normalized spacial score (nSPS) is 19.8. The molecule has 0 aliphatic carbocycles. The van der Waals surface area contributed by atoms with Crippen LogP contribution in [0, 0.1) is 0 Å². The van der Waals surface area contributed by atoms with Gasteiger partial charge in [0.25, 0.3) is 0 Å². The Bertz CT molecular complexity index is 967. The molecule has 1 amide bonds. The lowest BCUT2D eigenvalue weighted by Gasteiger charge is -2.40. The van der Waals surface area contributed by atoms with Gasteiger partial charge in [0, 0.05) is 19.1 Å². The van der Waals surface area contributed by atoms with Crippen LogP contribution >= 0.6 is 0 Å². The number of ether oxygens (including phenoxy) is 2. The van der Waals surface area contributed by atoms with Crippen LogP contribution in [0.4, 0.5) is 4.79 Å². The van der Waals surface area contributed by atoms with Crippen molar-refractivity contribution in [3.05, 3.63) is 29.8 Å². The summed E-state index contributed by atoms with van der Waals surface area (Å²) in [5.74, 6) is 0.706. The molecule has 200 valence electrons. The van der Waals surface area contributed by atoms with Gasteiger partial charge in [0.1, 0.15) is 11.4 Å². The number of likely N-dealkylation sites (tertiary alicyclic amines) is 1. The van der Waals surface area contributed by atoms with E-state index >= 15 is 0 Å². The Kier molecular flexibility index (Phi) is 9.12. The molecule has 0 aromatic heterocycles. The highest BCUT2D eigenvalue weighted by molar-refractivity contribution is 7.88. The van der Waals surface area contributed by atoms with Crippen LogP contribution in [-0.4, -0.2) is 76.2 Å². The standard InChI is InChI=1S/C25H44N2O6SSi/c1-24(2,3)33-23(28)26-16-15-21(22(26)18-32-35(9,10)25(4,5)6)27(34(8,29)30)17-19-11-13-20(31-7)14-12-19/h11-14,21-22H,15-18H2,1-10H3/t21-,22-/m0/s1. The SMILES string of the molecule is COc1ccc(CN([C@H]2CCN(C(=O)OC(C)(C)C)[C@H]2CO[Si](C)(C)C(C)(C)C)S(C)(=O)=O)cc1. The lowest BCUT2D eigenvalue weighted by atomic mass is 10.1. The van der Waals surface area contributed by atoms with Crippen LogP contribution in [0.1, 0.15) is 53.5 Å². The fourth-order valence-corrected chi connectivity index (χ4v) is 5.96. The summed E-state index contributed by atoms with van der Waals surface area (Å²) in [6.07, 6.45) is 1.29. The molecule has 35 heavy (non-hydrogen) atoms. The quantitative estimate of drug-likeness (QED) is 0.448. The van der Waals surface area contributed by atoms with Crippen LogP contribution in [0.3, 0.4) is 0 Å². The van der Waals surface area contributed by atoms with E-state index in [0.717, 1.165) is 5.56 Å². The molecule has 10 heteroatoms. The summed E-state index contributed by atoms with van der Waals surface area (Å²) >= 11 is 0. The molecule has 1 aliphatic heterocycles. The van der Waals surface area contributed by atoms with E-state index in [1.807, 2.05) is 45.0 Å². The van der Waals surface area contributed by atoms with Crippen LogP contribution in [-0.2, 0) is 25.7 Å². The molecule has 0 radical (unpaired) electrons. The molecule has 0 spiro atoms. The molecule has 1 fully saturated rings. The molecule has 0 bridgehead atoms. The van der Waals surface area contributed by atoms with Crippen molar-refractivity contribution in [3.63, 3.8) is 0 Å². The fraction of sp³-hybridized carbons (Fsp3) is 0.720. The fourth-order valence-electron chi connectivity index (χ4n) is 3.82. The summed E-state index contributed by atoms with van der Waals surface area (Å²) in [5.41, 5.74) is 0.190. The molecule has 1 aromatic rings. The van der Waals surface area contributed by atoms with E-state index in [2.05, 4.69) is 33.9 Å². The number of methoxy groups -OCH3 is 1. The average Bonchev–Trinajstić information content (AvgIpc) is 3.11. The molecule has 2 rings (SSSR count). The van der Waals surface area contributed by atoms with E-state index in [4.69, 9.17) is 13.9 Å². The highest BCUT2D eigenvalue weighted by Gasteiger charge is 2.46. The van der Waals surface area contributed by atoms with Crippen LogP contribution in [0.25, 0.3) is 0 Å². The second-order valence-corrected chi connectivity index (χ2v) is 18.6. The van der Waals surface area contributed by atoms with Crippen molar-refractivity contribution in [1.29, 1.82) is 0 Å². The lowest BCUT2D eigenvalue weighted by molar-refractivity contribution is 0.0145. The Morgan fingerprint density at radius 3 is 2.14 bits per heavy atom. The zero-order chi connectivity index (χ0) is 26.8. The second-order valence-electron chi connectivity index (χ2n) is 11.8. The number of hydrogen-bond donors (Lipinski definition) is 0. The van der Waals surface area contributed by atoms with Gasteiger partial charge in [-0.25, -0.2) is 13.2 Å². The van der Waals surface area contributed by atoms with Crippen molar-refractivity contribution in [2.45, 2.75) is 90.3 Å². The number of carbonyl (C=O) groups excluding carboxylic acids is 1. The van der Waals surface area contributed by atoms with E-state index < -0.39 is 42.1 Å². The highest BCUT2D eigenvalue weighted by Crippen LogP contribution is 2.38. The molecule has 8 nitrogen and oxygen atoms in total. The summed E-state index contributed by atoms with van der Waals surface area (Å²) in [6, 6.07) is 6.47. The molecular formula is C25H44N2O6SSi. The number of sulfonamides is 1. The van der Waals surface area contributed by atoms with E-state index in [1.54, 1.807) is 12.0 Å². The van der Waals surface area contributed by atoms with Crippen molar-refractivity contribution < 1.29 is 27.1 Å². The van der Waals surface area contributed by atoms with Crippen LogP contribution in [0.5, 0.6) is 5.75 Å². The third kappa shape index (κ3) is 7.93. The van der Waals surface area contributed by atoms with Crippen LogP contribution in [0.15, 0.2) is 24.3 Å². The number of hydrogen-bond acceptors (Lipinski definition) is 6. The smallest absolute Gasteiger partial charge is 0.410 e. The van der Waals surface area contributed by atoms with Crippen molar-refractivity contribution in [2.24, 2.45) is 0 Å². The number of carbonyl (C=O) groups is 1. The van der Waals surface area contributed by atoms with Gasteiger partial charge in [-0.1, -0.05) is 32.9 Å². The van der Waals surface area contributed by atoms with E-state index in [-0.39, 0.29) is 18.2 Å². The maximum absolute atomic E-state index is 13.1. The maximum Gasteiger partial charge on any atom is 0.410 e. The number of nitrogens with zero attached hydrogens (tertiary/aromatic N) is 2. The van der Waals surface area contributed by atoms with Crippen molar-refractivity contribution in [3.8, 4) is 5.75 Å². The van der Waals surface area contributed by atoms with Gasteiger partial charge >= 0.3 is 6.09 Å². The Morgan fingerprint density at radius 1 is 1.11 bits per heavy atom. The first-order valence-corrected chi connectivity index (χ1v) is 16.8. The van der Waals surface area contributed by atoms with Crippen molar-refractivity contribution in [1.82, 2.24) is 9.21 Å². The molecule has 0 unspecified atom stereocenters. The average molecular weight is 529 g/mol. The van der Waals surface area contributed by atoms with Gasteiger partial charge in [0.2, 0.25) is 10.0 Å². The molecule has 1 saturated heterocycles. The Labute approximate surface area is 213 Å². The summed E-state index contributed by atoms with van der Waals surface area (Å²) in [7, 11) is -4.13. The zero-order valence-electron chi connectivity index (χ0n) is 23.0. The minimum atomic E-state index is -3.58. The molecule has 0 saturated carbocycles. The Morgan fingerprint density at radius 2 is 1.69 bits per heavy atom. The molecule has 0 N–H and O–H groups in total. The minimum absolute atomic E-state index is 0.0164. The van der Waals surface area contributed by atoms with Gasteiger partial charge in [-0.15, -0.1) is 0 Å². The zero-order valence-corrected chi connectivity index (χ0v) is 24.9. The largest absolute Gasteiger partial charge is 0.497 e. The minimum Gasteiger partial charge on any atom is -0.497 e. The van der Waals surface area contributed by atoms with E-state index in [9.17, 15) is 13.2 Å². The van der Waals surface area contributed by atoms with Gasteiger partial charge in [-0.2, -0.15) is 4.31 Å². The third-order valence-electron chi connectivity index (χ3n) is 6.85. The predicted molar refractivity (Wildman–Crippen MR) is 142 cm³/mol.